The lowest BCUT2D eigenvalue weighted by atomic mass is 10.1. The molecule has 1 heterocycles. The van der Waals surface area contributed by atoms with Gasteiger partial charge in [-0.15, -0.1) is 0 Å². The number of aldehydes is 1. The third-order valence-corrected chi connectivity index (χ3v) is 3.56. The summed E-state index contributed by atoms with van der Waals surface area (Å²) < 4.78 is 2.19. The van der Waals surface area contributed by atoms with Crippen molar-refractivity contribution in [2.75, 3.05) is 0 Å². The number of hydrogen-bond acceptors (Lipinski definition) is 2. The Morgan fingerprint density at radius 3 is 2.89 bits per heavy atom. The zero-order valence-corrected chi connectivity index (χ0v) is 11.2. The summed E-state index contributed by atoms with van der Waals surface area (Å²) >= 11 is 0. The zero-order valence-electron chi connectivity index (χ0n) is 11.2. The van der Waals surface area contributed by atoms with Gasteiger partial charge >= 0.3 is 0 Å². The lowest BCUT2D eigenvalue weighted by Crippen LogP contribution is -2.07. The summed E-state index contributed by atoms with van der Waals surface area (Å²) in [6.45, 7) is 2.10. The number of hydrogen-bond donors (Lipinski definition) is 0. The molecular weight excluding hydrogens is 236 g/mol. The molecule has 0 aliphatic heterocycles. The van der Waals surface area contributed by atoms with Crippen LogP contribution in [0, 0.1) is 11.3 Å². The van der Waals surface area contributed by atoms with E-state index in [2.05, 4.69) is 35.9 Å². The average molecular weight is 254 g/mol. The van der Waals surface area contributed by atoms with Crippen molar-refractivity contribution < 1.29 is 4.79 Å². The van der Waals surface area contributed by atoms with Crippen LogP contribution in [0.15, 0.2) is 30.5 Å². The Kier molecular flexibility index (Phi) is 4.35. The molecule has 0 aliphatic rings. The van der Waals surface area contributed by atoms with Crippen LogP contribution in [0.3, 0.4) is 0 Å². The first-order valence-corrected chi connectivity index (χ1v) is 6.70. The molecule has 0 amide bonds. The maximum Gasteiger partial charge on any atom is 0.122 e. The highest BCUT2D eigenvalue weighted by Crippen LogP contribution is 2.28. The fraction of sp³-hybridized carbons (Fsp3) is 0.375. The Morgan fingerprint density at radius 1 is 1.42 bits per heavy atom. The molecule has 0 radical (unpaired) electrons. The number of nitriles is 1. The molecule has 3 nitrogen and oxygen atoms in total. The Morgan fingerprint density at radius 2 is 2.21 bits per heavy atom. The standard InChI is InChI=1S/C16H18N2O/c1-2-14(9-11-19)18-12-13(6-5-10-17)15-7-3-4-8-16(15)18/h3-4,7-8,11-12,14H,2,5-6,9H2,1H3/t14-/m1/s1. The van der Waals surface area contributed by atoms with Crippen LogP contribution in [0.5, 0.6) is 0 Å². The van der Waals surface area contributed by atoms with Gasteiger partial charge in [-0.25, -0.2) is 0 Å². The summed E-state index contributed by atoms with van der Waals surface area (Å²) in [4.78, 5) is 10.8. The number of nitrogens with zero attached hydrogens (tertiary/aromatic N) is 2. The number of para-hydroxylation sites is 1. The SMILES string of the molecule is CC[C@H](CC=O)n1cc(CCC#N)c2ccccc21. The Labute approximate surface area is 113 Å². The van der Waals surface area contributed by atoms with Gasteiger partial charge in [0.25, 0.3) is 0 Å². The highest BCUT2D eigenvalue weighted by molar-refractivity contribution is 5.84. The van der Waals surface area contributed by atoms with E-state index in [4.69, 9.17) is 5.26 Å². The number of aryl methyl sites for hydroxylation is 1. The van der Waals surface area contributed by atoms with E-state index in [0.717, 1.165) is 24.6 Å². The summed E-state index contributed by atoms with van der Waals surface area (Å²) in [6.07, 6.45) is 5.85. The minimum atomic E-state index is 0.207. The first-order valence-electron chi connectivity index (χ1n) is 6.70. The molecule has 0 aliphatic carbocycles. The van der Waals surface area contributed by atoms with Gasteiger partial charge in [-0.05, 0) is 24.5 Å². The first-order chi connectivity index (χ1) is 9.31. The van der Waals surface area contributed by atoms with Crippen LogP contribution in [-0.2, 0) is 11.2 Å². The smallest absolute Gasteiger partial charge is 0.122 e. The molecule has 1 atom stereocenters. The molecule has 98 valence electrons. The van der Waals surface area contributed by atoms with Crippen LogP contribution in [0.2, 0.25) is 0 Å². The van der Waals surface area contributed by atoms with Gasteiger partial charge in [0.15, 0.2) is 0 Å². The molecule has 1 aromatic heterocycles. The molecular formula is C16H18N2O. The van der Waals surface area contributed by atoms with Crippen LogP contribution in [0.25, 0.3) is 10.9 Å². The predicted octanol–water partition coefficient (Wildman–Crippen LogP) is 3.64. The second-order valence-electron chi connectivity index (χ2n) is 4.70. The van der Waals surface area contributed by atoms with E-state index in [-0.39, 0.29) is 6.04 Å². The van der Waals surface area contributed by atoms with Crippen LogP contribution >= 0.6 is 0 Å². The van der Waals surface area contributed by atoms with Crippen molar-refractivity contribution in [2.24, 2.45) is 0 Å². The summed E-state index contributed by atoms with van der Waals surface area (Å²) in [5.74, 6) is 0. The van der Waals surface area contributed by atoms with Gasteiger partial charge in [0.1, 0.15) is 6.29 Å². The topological polar surface area (TPSA) is 45.8 Å². The molecule has 1 aromatic carbocycles. The van der Waals surface area contributed by atoms with E-state index in [1.54, 1.807) is 0 Å². The van der Waals surface area contributed by atoms with E-state index in [9.17, 15) is 4.79 Å². The highest BCUT2D eigenvalue weighted by atomic mass is 16.1. The van der Waals surface area contributed by atoms with Crippen molar-refractivity contribution >= 4 is 17.2 Å². The molecule has 0 fully saturated rings. The lowest BCUT2D eigenvalue weighted by molar-refractivity contribution is -0.108. The van der Waals surface area contributed by atoms with Crippen molar-refractivity contribution in [1.29, 1.82) is 5.26 Å². The van der Waals surface area contributed by atoms with Crippen molar-refractivity contribution in [3.8, 4) is 6.07 Å². The van der Waals surface area contributed by atoms with Crippen molar-refractivity contribution in [2.45, 2.75) is 38.6 Å². The largest absolute Gasteiger partial charge is 0.344 e. The normalized spacial score (nSPS) is 12.2. The Balaban J connectivity index is 2.49. The van der Waals surface area contributed by atoms with Crippen molar-refractivity contribution in [3.05, 3.63) is 36.0 Å². The summed E-state index contributed by atoms with van der Waals surface area (Å²) in [7, 11) is 0. The van der Waals surface area contributed by atoms with Crippen molar-refractivity contribution in [1.82, 2.24) is 4.57 Å². The van der Waals surface area contributed by atoms with Crippen LogP contribution in [0.1, 0.15) is 37.8 Å². The number of benzene rings is 1. The van der Waals surface area contributed by atoms with Crippen LogP contribution in [-0.4, -0.2) is 10.9 Å². The van der Waals surface area contributed by atoms with Crippen molar-refractivity contribution in [3.63, 3.8) is 0 Å². The minimum absolute atomic E-state index is 0.207. The van der Waals surface area contributed by atoms with Gasteiger partial charge in [0.05, 0.1) is 6.07 Å². The molecule has 0 saturated heterocycles. The minimum Gasteiger partial charge on any atom is -0.344 e. The second kappa shape index (κ2) is 6.19. The van der Waals surface area contributed by atoms with E-state index >= 15 is 0 Å². The van der Waals surface area contributed by atoms with E-state index in [0.29, 0.717) is 12.8 Å². The monoisotopic (exact) mass is 254 g/mol. The summed E-state index contributed by atoms with van der Waals surface area (Å²) in [5, 5.41) is 9.94. The number of rotatable bonds is 6. The molecule has 0 bridgehead atoms. The summed E-state index contributed by atoms with van der Waals surface area (Å²) in [6, 6.07) is 10.6. The van der Waals surface area contributed by atoms with Gasteiger partial charge in [-0.3, -0.25) is 0 Å². The molecule has 2 rings (SSSR count). The van der Waals surface area contributed by atoms with Gasteiger partial charge in [-0.2, -0.15) is 5.26 Å². The number of fused-ring (bicyclic) bond motifs is 1. The van der Waals surface area contributed by atoms with E-state index < -0.39 is 0 Å². The third-order valence-electron chi connectivity index (χ3n) is 3.56. The molecule has 2 aromatic rings. The highest BCUT2D eigenvalue weighted by Gasteiger charge is 2.14. The predicted molar refractivity (Wildman–Crippen MR) is 75.9 cm³/mol. The van der Waals surface area contributed by atoms with Gasteiger partial charge in [0.2, 0.25) is 0 Å². The maximum absolute atomic E-state index is 10.8. The number of carbonyl (C=O) groups excluding carboxylic acids is 1. The molecule has 0 N–H and O–H groups in total. The second-order valence-corrected chi connectivity index (χ2v) is 4.70. The van der Waals surface area contributed by atoms with Gasteiger partial charge in [0, 0.05) is 36.0 Å². The molecule has 0 unspecified atom stereocenters. The lowest BCUT2D eigenvalue weighted by Gasteiger charge is -2.15. The van der Waals surface area contributed by atoms with Crippen LogP contribution < -0.4 is 0 Å². The quantitative estimate of drug-likeness (QED) is 0.739. The first kappa shape index (κ1) is 13.4. The Bertz CT molecular complexity index is 607. The molecule has 0 spiro atoms. The van der Waals surface area contributed by atoms with Gasteiger partial charge in [-0.1, -0.05) is 25.1 Å². The third kappa shape index (κ3) is 2.68. The molecule has 0 saturated carbocycles. The molecule has 19 heavy (non-hydrogen) atoms. The molecule has 3 heteroatoms. The van der Waals surface area contributed by atoms with Gasteiger partial charge < -0.3 is 9.36 Å². The van der Waals surface area contributed by atoms with E-state index in [1.807, 2.05) is 12.1 Å². The van der Waals surface area contributed by atoms with Crippen LogP contribution in [0.4, 0.5) is 0 Å². The van der Waals surface area contributed by atoms with E-state index in [1.165, 1.54) is 10.9 Å². The Hall–Kier alpha value is -2.08. The fourth-order valence-electron chi connectivity index (χ4n) is 2.56. The number of aromatic nitrogens is 1. The zero-order chi connectivity index (χ0) is 13.7. The fourth-order valence-corrected chi connectivity index (χ4v) is 2.56. The average Bonchev–Trinajstić information content (AvgIpc) is 2.81. The summed E-state index contributed by atoms with van der Waals surface area (Å²) in [5.41, 5.74) is 2.35. The maximum atomic E-state index is 10.8. The number of carbonyl (C=O) groups is 1.